The number of ether oxygens (including phenoxy) is 1. The van der Waals surface area contributed by atoms with Crippen molar-refractivity contribution in [1.82, 2.24) is 9.88 Å². The molecule has 1 amide bonds. The van der Waals surface area contributed by atoms with Crippen LogP contribution in [0.25, 0.3) is 0 Å². The van der Waals surface area contributed by atoms with Crippen molar-refractivity contribution in [2.75, 3.05) is 13.7 Å². The largest absolute Gasteiger partial charge is 0.496 e. The Balaban J connectivity index is 1.56. The van der Waals surface area contributed by atoms with Gasteiger partial charge in [0.05, 0.1) is 18.9 Å². The molecule has 1 aliphatic rings. The number of likely N-dealkylation sites (tertiary alicyclic amines) is 1. The highest BCUT2D eigenvalue weighted by atomic mass is 19.1. The number of carbonyl (C=O) groups is 1. The van der Waals surface area contributed by atoms with E-state index >= 15 is 0 Å². The molecule has 0 unspecified atom stereocenters. The summed E-state index contributed by atoms with van der Waals surface area (Å²) in [4.78, 5) is 19.5. The first-order valence-corrected chi connectivity index (χ1v) is 9.78. The summed E-state index contributed by atoms with van der Waals surface area (Å²) in [5.41, 5.74) is 1.35. The van der Waals surface area contributed by atoms with Crippen molar-refractivity contribution in [2.24, 2.45) is 0 Å². The van der Waals surface area contributed by atoms with E-state index in [0.717, 1.165) is 24.8 Å². The zero-order valence-electron chi connectivity index (χ0n) is 16.3. The average Bonchev–Trinajstić information content (AvgIpc) is 3.21. The van der Waals surface area contributed by atoms with Crippen molar-refractivity contribution < 1.29 is 18.3 Å². The molecule has 0 spiro atoms. The first kappa shape index (κ1) is 19.2. The van der Waals surface area contributed by atoms with Gasteiger partial charge in [-0.2, -0.15) is 0 Å². The van der Waals surface area contributed by atoms with Crippen molar-refractivity contribution >= 4 is 5.91 Å². The van der Waals surface area contributed by atoms with Crippen molar-refractivity contribution in [3.8, 4) is 5.75 Å². The lowest BCUT2D eigenvalue weighted by atomic mass is 10.0. The Hall–Kier alpha value is -3.15. The zero-order chi connectivity index (χ0) is 20.2. The number of methoxy groups -OCH3 is 1. The van der Waals surface area contributed by atoms with E-state index in [1.807, 2.05) is 23.1 Å². The summed E-state index contributed by atoms with van der Waals surface area (Å²) < 4.78 is 24.8. The molecule has 6 heteroatoms. The van der Waals surface area contributed by atoms with E-state index in [0.29, 0.717) is 35.9 Å². The number of benzene rings is 2. The Morgan fingerprint density at radius 3 is 2.93 bits per heavy atom. The summed E-state index contributed by atoms with van der Waals surface area (Å²) in [6, 6.07) is 13.4. The fourth-order valence-electron chi connectivity index (χ4n) is 3.81. The highest BCUT2D eigenvalue weighted by molar-refractivity contribution is 5.97. The van der Waals surface area contributed by atoms with E-state index in [-0.39, 0.29) is 17.8 Å². The summed E-state index contributed by atoms with van der Waals surface area (Å²) in [6.45, 7) is 0.642. The highest BCUT2D eigenvalue weighted by Crippen LogP contribution is 2.33. The topological polar surface area (TPSA) is 55.6 Å². The lowest BCUT2D eigenvalue weighted by molar-refractivity contribution is 0.0566. The number of carbonyl (C=O) groups excluding carboxylic acids is 1. The van der Waals surface area contributed by atoms with Crippen LogP contribution < -0.4 is 4.74 Å². The average molecular weight is 394 g/mol. The van der Waals surface area contributed by atoms with Crippen molar-refractivity contribution in [2.45, 2.75) is 31.7 Å². The van der Waals surface area contributed by atoms with Crippen LogP contribution in [-0.4, -0.2) is 29.4 Å². The van der Waals surface area contributed by atoms with Crippen molar-refractivity contribution in [1.29, 1.82) is 0 Å². The molecule has 29 heavy (non-hydrogen) atoms. The number of oxazole rings is 1. The van der Waals surface area contributed by atoms with Gasteiger partial charge in [-0.3, -0.25) is 4.79 Å². The van der Waals surface area contributed by atoms with Gasteiger partial charge in [-0.15, -0.1) is 0 Å². The van der Waals surface area contributed by atoms with Gasteiger partial charge < -0.3 is 14.1 Å². The predicted molar refractivity (Wildman–Crippen MR) is 106 cm³/mol. The molecule has 4 rings (SSSR count). The summed E-state index contributed by atoms with van der Waals surface area (Å²) >= 11 is 0. The van der Waals surface area contributed by atoms with Crippen LogP contribution in [0, 0.1) is 5.82 Å². The molecule has 1 aromatic heterocycles. The lowest BCUT2D eigenvalue weighted by Crippen LogP contribution is -2.38. The molecule has 0 radical (unpaired) electrons. The third kappa shape index (κ3) is 4.16. The fraction of sp³-hybridized carbons (Fsp3) is 0.304. The fourth-order valence-corrected chi connectivity index (χ4v) is 3.81. The zero-order valence-corrected chi connectivity index (χ0v) is 16.3. The van der Waals surface area contributed by atoms with Crippen LogP contribution in [0.15, 0.2) is 59.1 Å². The minimum Gasteiger partial charge on any atom is -0.496 e. The van der Waals surface area contributed by atoms with Crippen LogP contribution in [0.2, 0.25) is 0 Å². The third-order valence-electron chi connectivity index (χ3n) is 5.22. The van der Waals surface area contributed by atoms with Gasteiger partial charge in [-0.25, -0.2) is 9.37 Å². The van der Waals surface area contributed by atoms with Gasteiger partial charge >= 0.3 is 0 Å². The normalized spacial score (nSPS) is 16.6. The third-order valence-corrected chi connectivity index (χ3v) is 5.22. The van der Waals surface area contributed by atoms with E-state index in [2.05, 4.69) is 4.98 Å². The second kappa shape index (κ2) is 8.47. The number of piperidine rings is 1. The van der Waals surface area contributed by atoms with Crippen LogP contribution in [0.4, 0.5) is 4.39 Å². The molecular formula is C23H23FN2O3. The number of hydrogen-bond donors (Lipinski definition) is 0. The Morgan fingerprint density at radius 1 is 1.24 bits per heavy atom. The molecule has 1 fully saturated rings. The predicted octanol–water partition coefficient (Wildman–Crippen LogP) is 4.78. The summed E-state index contributed by atoms with van der Waals surface area (Å²) in [5, 5.41) is 0. The van der Waals surface area contributed by atoms with Gasteiger partial charge in [-0.1, -0.05) is 24.3 Å². The van der Waals surface area contributed by atoms with Crippen LogP contribution >= 0.6 is 0 Å². The molecule has 1 saturated heterocycles. The second-order valence-corrected chi connectivity index (χ2v) is 7.18. The lowest BCUT2D eigenvalue weighted by Gasteiger charge is -2.34. The number of hydrogen-bond acceptors (Lipinski definition) is 4. The quantitative estimate of drug-likeness (QED) is 0.625. The Morgan fingerprint density at radius 2 is 2.10 bits per heavy atom. The molecule has 1 atom stereocenters. The number of aromatic nitrogens is 1. The molecule has 0 bridgehead atoms. The molecule has 0 saturated carbocycles. The van der Waals surface area contributed by atoms with E-state index in [1.165, 1.54) is 12.1 Å². The summed E-state index contributed by atoms with van der Waals surface area (Å²) in [5.74, 6) is 1.38. The maximum atomic E-state index is 13.4. The first-order valence-electron chi connectivity index (χ1n) is 9.78. The van der Waals surface area contributed by atoms with Crippen molar-refractivity contribution in [3.05, 3.63) is 83.3 Å². The van der Waals surface area contributed by atoms with E-state index < -0.39 is 0 Å². The first-order chi connectivity index (χ1) is 14.2. The number of rotatable bonds is 5. The summed E-state index contributed by atoms with van der Waals surface area (Å²) in [7, 11) is 1.56. The van der Waals surface area contributed by atoms with Gasteiger partial charge in [0.25, 0.3) is 5.91 Å². The molecule has 3 aromatic rings. The molecule has 1 aliphatic heterocycles. The second-order valence-electron chi connectivity index (χ2n) is 7.18. The molecule has 2 heterocycles. The Labute approximate surface area is 169 Å². The molecular weight excluding hydrogens is 371 g/mol. The van der Waals surface area contributed by atoms with Crippen molar-refractivity contribution in [3.63, 3.8) is 0 Å². The smallest absolute Gasteiger partial charge is 0.258 e. The maximum Gasteiger partial charge on any atom is 0.258 e. The van der Waals surface area contributed by atoms with Gasteiger partial charge in [-0.05, 0) is 49.1 Å². The van der Waals surface area contributed by atoms with Crippen LogP contribution in [-0.2, 0) is 6.42 Å². The van der Waals surface area contributed by atoms with Crippen LogP contribution in [0.3, 0.4) is 0 Å². The standard InChI is InChI=1S/C23H23FN2O3/c1-28-21-11-3-2-9-19(21)23(27)26-12-5-4-10-20(26)22-25-15-18(29-22)14-16-7-6-8-17(24)13-16/h2-3,6-9,11,13,15,20H,4-5,10,12,14H2,1H3/t20-/m0/s1. The highest BCUT2D eigenvalue weighted by Gasteiger charge is 2.33. The monoisotopic (exact) mass is 394 g/mol. The van der Waals surface area contributed by atoms with Gasteiger partial charge in [0.2, 0.25) is 5.89 Å². The minimum absolute atomic E-state index is 0.0861. The van der Waals surface area contributed by atoms with E-state index in [4.69, 9.17) is 9.15 Å². The molecule has 0 N–H and O–H groups in total. The number of nitrogens with zero attached hydrogens (tertiary/aromatic N) is 2. The summed E-state index contributed by atoms with van der Waals surface area (Å²) in [6.07, 6.45) is 4.86. The number of halogens is 1. The molecule has 0 aliphatic carbocycles. The Kier molecular flexibility index (Phi) is 5.60. The van der Waals surface area contributed by atoms with Gasteiger partial charge in [0, 0.05) is 13.0 Å². The van der Waals surface area contributed by atoms with Gasteiger partial charge in [0.1, 0.15) is 23.4 Å². The maximum absolute atomic E-state index is 13.4. The minimum atomic E-state index is -0.275. The van der Waals surface area contributed by atoms with Gasteiger partial charge in [0.15, 0.2) is 0 Å². The van der Waals surface area contributed by atoms with Crippen LogP contribution in [0.1, 0.15) is 52.9 Å². The molecule has 2 aromatic carbocycles. The molecule has 150 valence electrons. The van der Waals surface area contributed by atoms with E-state index in [9.17, 15) is 9.18 Å². The molecule has 5 nitrogen and oxygen atoms in total. The van der Waals surface area contributed by atoms with Crippen LogP contribution in [0.5, 0.6) is 5.75 Å². The SMILES string of the molecule is COc1ccccc1C(=O)N1CCCC[C@H]1c1ncc(Cc2cccc(F)c2)o1. The number of para-hydroxylation sites is 1. The Bertz CT molecular complexity index is 1000. The van der Waals surface area contributed by atoms with E-state index in [1.54, 1.807) is 31.5 Å². The number of amides is 1.